The molecule has 1 aliphatic heterocycles. The molecule has 3 aromatic rings. The van der Waals surface area contributed by atoms with Crippen molar-refractivity contribution in [1.82, 2.24) is 40.1 Å². The van der Waals surface area contributed by atoms with Crippen molar-refractivity contribution >= 4 is 22.8 Å². The molecule has 2 aliphatic rings. The fourth-order valence-corrected chi connectivity index (χ4v) is 4.68. The molecule has 3 aromatic heterocycles. The van der Waals surface area contributed by atoms with Gasteiger partial charge in [0.05, 0.1) is 23.7 Å². The number of anilines is 1. The highest BCUT2D eigenvalue weighted by molar-refractivity contribution is 5.87. The van der Waals surface area contributed by atoms with Crippen LogP contribution in [0.5, 0.6) is 0 Å². The maximum Gasteiger partial charge on any atom is 0.236 e. The van der Waals surface area contributed by atoms with Crippen molar-refractivity contribution in [2.24, 2.45) is 7.05 Å². The predicted octanol–water partition coefficient (Wildman–Crippen LogP) is 0.762. The zero-order valence-electron chi connectivity index (χ0n) is 17.9. The van der Waals surface area contributed by atoms with Gasteiger partial charge in [-0.25, -0.2) is 9.97 Å². The molecule has 1 aliphatic carbocycles. The highest BCUT2D eigenvalue weighted by Gasteiger charge is 2.40. The Hall–Kier alpha value is -3.08. The Bertz CT molecular complexity index is 1080. The van der Waals surface area contributed by atoms with E-state index in [1.165, 1.54) is 0 Å². The van der Waals surface area contributed by atoms with E-state index in [4.69, 9.17) is 4.52 Å². The summed E-state index contributed by atoms with van der Waals surface area (Å²) in [4.78, 5) is 30.3. The van der Waals surface area contributed by atoms with E-state index < -0.39 is 0 Å². The minimum absolute atomic E-state index is 0.0976. The third-order valence-corrected chi connectivity index (χ3v) is 6.43. The quantitative estimate of drug-likeness (QED) is 0.632. The van der Waals surface area contributed by atoms with Crippen LogP contribution < -0.4 is 10.2 Å². The number of carbonyl (C=O) groups excluding carboxylic acids is 1. The standard InChI is InChI=1S/C20H27N9O2/c1-14-25-19(26-31-14)20(5-3-4-6-20)23-12-16(30)28-7-9-29(10-8-28)18-15-11-24-27(2)17(15)21-13-22-18/h11,13,23H,3-10,12H2,1-2H3. The molecule has 0 radical (unpaired) electrons. The van der Waals surface area contributed by atoms with Crippen molar-refractivity contribution < 1.29 is 9.32 Å². The minimum atomic E-state index is -0.359. The number of carbonyl (C=O) groups is 1. The lowest BCUT2D eigenvalue weighted by Crippen LogP contribution is -2.53. The third-order valence-electron chi connectivity index (χ3n) is 6.43. The average Bonchev–Trinajstić information content (AvgIpc) is 3.53. The van der Waals surface area contributed by atoms with Crippen LogP contribution in [0.25, 0.3) is 11.0 Å². The van der Waals surface area contributed by atoms with Crippen LogP contribution in [0.4, 0.5) is 5.82 Å². The number of amides is 1. The summed E-state index contributed by atoms with van der Waals surface area (Å²) in [5, 5.41) is 12.8. The monoisotopic (exact) mass is 425 g/mol. The van der Waals surface area contributed by atoms with Crippen LogP contribution in [-0.2, 0) is 17.4 Å². The van der Waals surface area contributed by atoms with Crippen LogP contribution in [0.3, 0.4) is 0 Å². The van der Waals surface area contributed by atoms with Gasteiger partial charge < -0.3 is 14.3 Å². The number of hydrogen-bond donors (Lipinski definition) is 1. The molecule has 0 bridgehead atoms. The van der Waals surface area contributed by atoms with Crippen molar-refractivity contribution in [3.63, 3.8) is 0 Å². The summed E-state index contributed by atoms with van der Waals surface area (Å²) in [5.74, 6) is 2.20. The molecule has 11 heteroatoms. The van der Waals surface area contributed by atoms with E-state index in [1.54, 1.807) is 24.1 Å². The van der Waals surface area contributed by atoms with Crippen molar-refractivity contribution in [1.29, 1.82) is 0 Å². The van der Waals surface area contributed by atoms with E-state index in [0.29, 0.717) is 24.8 Å². The average molecular weight is 425 g/mol. The fraction of sp³-hybridized carbons (Fsp3) is 0.600. The first kappa shape index (κ1) is 19.9. The molecule has 0 atom stereocenters. The first-order chi connectivity index (χ1) is 15.1. The summed E-state index contributed by atoms with van der Waals surface area (Å²) < 4.78 is 6.94. The normalized spacial score (nSPS) is 18.8. The number of nitrogens with one attached hydrogen (secondary N) is 1. The maximum atomic E-state index is 12.9. The number of piperazine rings is 1. The molecule has 11 nitrogen and oxygen atoms in total. The van der Waals surface area contributed by atoms with Crippen molar-refractivity contribution in [2.45, 2.75) is 38.1 Å². The molecule has 1 saturated carbocycles. The number of aromatic nitrogens is 6. The molecule has 4 heterocycles. The van der Waals surface area contributed by atoms with Crippen LogP contribution in [0.1, 0.15) is 37.4 Å². The smallest absolute Gasteiger partial charge is 0.236 e. The van der Waals surface area contributed by atoms with E-state index in [1.807, 2.05) is 11.9 Å². The number of rotatable bonds is 5. The molecule has 2 fully saturated rings. The highest BCUT2D eigenvalue weighted by Crippen LogP contribution is 2.37. The molecule has 5 rings (SSSR count). The summed E-state index contributed by atoms with van der Waals surface area (Å²) in [7, 11) is 1.87. The predicted molar refractivity (Wildman–Crippen MR) is 112 cm³/mol. The lowest BCUT2D eigenvalue weighted by Gasteiger charge is -2.36. The van der Waals surface area contributed by atoms with Crippen molar-refractivity contribution in [3.05, 3.63) is 24.2 Å². The van der Waals surface area contributed by atoms with Gasteiger partial charge in [-0.2, -0.15) is 10.1 Å². The molecule has 1 saturated heterocycles. The Balaban J connectivity index is 1.21. The van der Waals surface area contributed by atoms with Crippen LogP contribution >= 0.6 is 0 Å². The molecule has 1 amide bonds. The second-order valence-corrected chi connectivity index (χ2v) is 8.35. The summed E-state index contributed by atoms with van der Waals surface area (Å²) in [6, 6.07) is 0. The second kappa shape index (κ2) is 7.88. The SMILES string of the molecule is Cc1nc(C2(NCC(=O)N3CCN(c4ncnc5c4cnn5C)CC3)CCCC2)no1. The van der Waals surface area contributed by atoms with Gasteiger partial charge in [0.2, 0.25) is 11.8 Å². The van der Waals surface area contributed by atoms with Crippen molar-refractivity contribution in [3.8, 4) is 0 Å². The van der Waals surface area contributed by atoms with Gasteiger partial charge in [0.25, 0.3) is 0 Å². The van der Waals surface area contributed by atoms with E-state index in [2.05, 4.69) is 35.4 Å². The van der Waals surface area contributed by atoms with Gasteiger partial charge in [-0.15, -0.1) is 0 Å². The Labute approximate surface area is 179 Å². The summed E-state index contributed by atoms with van der Waals surface area (Å²) >= 11 is 0. The van der Waals surface area contributed by atoms with E-state index in [9.17, 15) is 4.79 Å². The number of fused-ring (bicyclic) bond motifs is 1. The van der Waals surface area contributed by atoms with Gasteiger partial charge >= 0.3 is 0 Å². The summed E-state index contributed by atoms with van der Waals surface area (Å²) in [5.41, 5.74) is 0.452. The molecule has 1 N–H and O–H groups in total. The van der Waals surface area contributed by atoms with Gasteiger partial charge in [0, 0.05) is 40.2 Å². The van der Waals surface area contributed by atoms with Crippen LogP contribution in [0.2, 0.25) is 0 Å². The zero-order chi connectivity index (χ0) is 21.4. The topological polar surface area (TPSA) is 118 Å². The first-order valence-corrected chi connectivity index (χ1v) is 10.8. The minimum Gasteiger partial charge on any atom is -0.352 e. The molecule has 0 spiro atoms. The Morgan fingerprint density at radius 1 is 1.19 bits per heavy atom. The van der Waals surface area contributed by atoms with Crippen LogP contribution in [-0.4, -0.2) is 73.4 Å². The van der Waals surface area contributed by atoms with Crippen LogP contribution in [0.15, 0.2) is 17.0 Å². The van der Waals surface area contributed by atoms with E-state index >= 15 is 0 Å². The van der Waals surface area contributed by atoms with E-state index in [-0.39, 0.29) is 18.0 Å². The Kier molecular flexibility index (Phi) is 5.05. The van der Waals surface area contributed by atoms with Gasteiger partial charge in [-0.1, -0.05) is 18.0 Å². The first-order valence-electron chi connectivity index (χ1n) is 10.8. The molecule has 31 heavy (non-hydrogen) atoms. The van der Waals surface area contributed by atoms with Gasteiger partial charge in [0.15, 0.2) is 11.5 Å². The molecule has 164 valence electrons. The zero-order valence-corrected chi connectivity index (χ0v) is 17.9. The molecule has 0 unspecified atom stereocenters. The highest BCUT2D eigenvalue weighted by atomic mass is 16.5. The second-order valence-electron chi connectivity index (χ2n) is 8.35. The van der Waals surface area contributed by atoms with Crippen molar-refractivity contribution in [2.75, 3.05) is 37.6 Å². The molecular formula is C20H27N9O2. The van der Waals surface area contributed by atoms with Crippen LogP contribution in [0, 0.1) is 6.92 Å². The van der Waals surface area contributed by atoms with Gasteiger partial charge in [-0.3, -0.25) is 14.8 Å². The Morgan fingerprint density at radius 3 is 2.68 bits per heavy atom. The summed E-state index contributed by atoms with van der Waals surface area (Å²) in [6.45, 7) is 4.82. The number of hydrogen-bond acceptors (Lipinski definition) is 9. The Morgan fingerprint density at radius 2 is 1.97 bits per heavy atom. The van der Waals surface area contributed by atoms with Gasteiger partial charge in [0.1, 0.15) is 12.1 Å². The van der Waals surface area contributed by atoms with E-state index in [0.717, 1.165) is 55.6 Å². The third kappa shape index (κ3) is 3.62. The summed E-state index contributed by atoms with van der Waals surface area (Å²) in [6.07, 6.45) is 7.39. The van der Waals surface area contributed by atoms with Gasteiger partial charge in [-0.05, 0) is 12.8 Å². The molecular weight excluding hydrogens is 398 g/mol. The maximum absolute atomic E-state index is 12.9. The number of aryl methyl sites for hydroxylation is 2. The lowest BCUT2D eigenvalue weighted by molar-refractivity contribution is -0.131. The largest absolute Gasteiger partial charge is 0.352 e. The number of nitrogens with zero attached hydrogens (tertiary/aromatic N) is 8. The molecule has 0 aromatic carbocycles. The fourth-order valence-electron chi connectivity index (χ4n) is 4.68. The lowest BCUT2D eigenvalue weighted by atomic mass is 9.96.